The van der Waals surface area contributed by atoms with E-state index >= 15 is 0 Å². The van der Waals surface area contributed by atoms with Crippen LogP contribution in [0.4, 0.5) is 8.78 Å². The summed E-state index contributed by atoms with van der Waals surface area (Å²) < 4.78 is 30.2. The summed E-state index contributed by atoms with van der Waals surface area (Å²) in [7, 11) is 0. The summed E-state index contributed by atoms with van der Waals surface area (Å²) in [6.07, 6.45) is 0.801. The zero-order valence-electron chi connectivity index (χ0n) is 12.0. The molecule has 0 saturated heterocycles. The van der Waals surface area contributed by atoms with Gasteiger partial charge in [0.15, 0.2) is 6.61 Å². The van der Waals surface area contributed by atoms with Gasteiger partial charge in [0.1, 0.15) is 11.8 Å². The Morgan fingerprint density at radius 2 is 2.09 bits per heavy atom. The standard InChI is InChI=1S/C15H12F2IN2O2.Y/c16-14(17)9-20-13(6-5-12(18)15(20)21)10-1-3-11(4-2-10)22-8-7-19;/h1-4,12,14H,5,8-9H2;/q-1;. The minimum Gasteiger partial charge on any atom is -0.479 e. The Hall–Kier alpha value is -0.586. The van der Waals surface area contributed by atoms with Crippen molar-refractivity contribution in [3.8, 4) is 11.8 Å². The zero-order valence-corrected chi connectivity index (χ0v) is 17.0. The first-order valence-corrected chi connectivity index (χ1v) is 7.72. The SMILES string of the molecule is N#CCOc1ccc(C2=[C-]CC(I)C(=O)N2CC(F)F)cc1.[Y]. The van der Waals surface area contributed by atoms with Crippen LogP contribution in [-0.2, 0) is 37.5 Å². The first-order chi connectivity index (χ1) is 10.5. The average molecular weight is 506 g/mol. The van der Waals surface area contributed by atoms with Gasteiger partial charge in [0, 0.05) is 32.7 Å². The Balaban J connectivity index is 0.00000264. The molecule has 1 unspecified atom stereocenters. The fraction of sp³-hybridized carbons (Fsp3) is 0.333. The molecule has 2 rings (SSSR count). The number of hydrogen-bond donors (Lipinski definition) is 0. The molecule has 1 heterocycles. The maximum atomic E-state index is 12.7. The van der Waals surface area contributed by atoms with Crippen molar-refractivity contribution < 1.29 is 51.0 Å². The molecule has 0 fully saturated rings. The number of hydrogen-bond acceptors (Lipinski definition) is 3. The van der Waals surface area contributed by atoms with Crippen molar-refractivity contribution in [1.29, 1.82) is 5.26 Å². The summed E-state index contributed by atoms with van der Waals surface area (Å²) in [5, 5.41) is 8.45. The van der Waals surface area contributed by atoms with E-state index in [4.69, 9.17) is 10.00 Å². The molecule has 119 valence electrons. The number of allylic oxidation sites excluding steroid dienone is 1. The molecule has 1 aromatic rings. The summed E-state index contributed by atoms with van der Waals surface area (Å²) in [5.74, 6) is 0.166. The van der Waals surface area contributed by atoms with E-state index in [0.29, 0.717) is 23.4 Å². The summed E-state index contributed by atoms with van der Waals surface area (Å²) in [4.78, 5) is 13.2. The zero-order chi connectivity index (χ0) is 16.1. The van der Waals surface area contributed by atoms with Crippen LogP contribution in [-0.4, -0.2) is 34.3 Å². The topological polar surface area (TPSA) is 53.3 Å². The van der Waals surface area contributed by atoms with E-state index in [2.05, 4.69) is 6.08 Å². The predicted octanol–water partition coefficient (Wildman–Crippen LogP) is 3.03. The first-order valence-electron chi connectivity index (χ1n) is 6.47. The number of benzene rings is 1. The molecule has 0 spiro atoms. The van der Waals surface area contributed by atoms with Crippen LogP contribution in [0.5, 0.6) is 5.75 Å². The number of carbonyl (C=O) groups is 1. The molecular formula is C15H12F2IN2O2Y-. The molecule has 1 atom stereocenters. The van der Waals surface area contributed by atoms with Crippen LogP contribution in [0.3, 0.4) is 0 Å². The van der Waals surface area contributed by atoms with E-state index in [1.54, 1.807) is 24.3 Å². The van der Waals surface area contributed by atoms with Gasteiger partial charge in [-0.3, -0.25) is 4.79 Å². The number of alkyl halides is 3. The molecule has 0 saturated carbocycles. The van der Waals surface area contributed by atoms with E-state index in [9.17, 15) is 13.6 Å². The van der Waals surface area contributed by atoms with Crippen molar-refractivity contribution in [3.63, 3.8) is 0 Å². The van der Waals surface area contributed by atoms with E-state index in [-0.39, 0.29) is 49.1 Å². The number of carbonyl (C=O) groups excluding carboxylic acids is 1. The molecule has 1 aromatic carbocycles. The molecule has 1 aliphatic heterocycles. The van der Waals surface area contributed by atoms with Gasteiger partial charge in [-0.15, -0.1) is 17.8 Å². The van der Waals surface area contributed by atoms with Crippen molar-refractivity contribution in [1.82, 2.24) is 4.90 Å². The number of halogens is 3. The third kappa shape index (κ3) is 5.47. The van der Waals surface area contributed by atoms with E-state index in [0.717, 1.165) is 4.90 Å². The van der Waals surface area contributed by atoms with Crippen molar-refractivity contribution in [2.45, 2.75) is 16.8 Å². The van der Waals surface area contributed by atoms with E-state index in [1.807, 2.05) is 28.7 Å². The molecule has 4 nitrogen and oxygen atoms in total. The molecule has 0 aliphatic carbocycles. The fourth-order valence-electron chi connectivity index (χ4n) is 2.05. The first kappa shape index (κ1) is 20.5. The van der Waals surface area contributed by atoms with E-state index < -0.39 is 13.0 Å². The molecule has 8 heteroatoms. The second-order valence-corrected chi connectivity index (χ2v) is 6.01. The molecule has 23 heavy (non-hydrogen) atoms. The van der Waals surface area contributed by atoms with Gasteiger partial charge in [-0.2, -0.15) is 10.8 Å². The molecule has 1 radical (unpaired) electrons. The molecule has 1 aliphatic rings. The smallest absolute Gasteiger partial charge is 0.256 e. The fourth-order valence-corrected chi connectivity index (χ4v) is 2.61. The van der Waals surface area contributed by atoms with Crippen LogP contribution in [0.2, 0.25) is 0 Å². The Morgan fingerprint density at radius 1 is 1.43 bits per heavy atom. The Morgan fingerprint density at radius 3 is 2.65 bits per heavy atom. The molecule has 0 aromatic heterocycles. The Labute approximate surface area is 171 Å². The van der Waals surface area contributed by atoms with Crippen LogP contribution in [0.15, 0.2) is 24.3 Å². The van der Waals surface area contributed by atoms with Crippen LogP contribution in [0.1, 0.15) is 12.0 Å². The van der Waals surface area contributed by atoms with Gasteiger partial charge in [-0.25, -0.2) is 14.9 Å². The Kier molecular flexibility index (Phi) is 8.58. The van der Waals surface area contributed by atoms with Gasteiger partial charge in [0.25, 0.3) is 6.43 Å². The van der Waals surface area contributed by atoms with Crippen molar-refractivity contribution in [3.05, 3.63) is 35.9 Å². The summed E-state index contributed by atoms with van der Waals surface area (Å²) in [5.41, 5.74) is 0.978. The minimum atomic E-state index is -2.61. The van der Waals surface area contributed by atoms with Crippen molar-refractivity contribution in [2.75, 3.05) is 13.2 Å². The number of ether oxygens (including phenoxy) is 1. The molecule has 1 amide bonds. The summed E-state index contributed by atoms with van der Waals surface area (Å²) in [6.45, 7) is -0.714. The molecule has 0 bridgehead atoms. The number of rotatable bonds is 5. The maximum absolute atomic E-state index is 12.7. The normalized spacial score (nSPS) is 17.3. The average Bonchev–Trinajstić information content (AvgIpc) is 2.50. The van der Waals surface area contributed by atoms with Crippen LogP contribution < -0.4 is 4.74 Å². The minimum absolute atomic E-state index is 0. The third-order valence-corrected chi connectivity index (χ3v) is 3.98. The van der Waals surface area contributed by atoms with Gasteiger partial charge in [0.05, 0.1) is 10.5 Å². The van der Waals surface area contributed by atoms with Gasteiger partial charge in [0.2, 0.25) is 5.91 Å². The van der Waals surface area contributed by atoms with Gasteiger partial charge in [-0.05, 0) is 12.1 Å². The second-order valence-electron chi connectivity index (χ2n) is 4.51. The maximum Gasteiger partial charge on any atom is 0.256 e. The third-order valence-electron chi connectivity index (χ3n) is 3.00. The summed E-state index contributed by atoms with van der Waals surface area (Å²) >= 11 is 1.93. The Bertz CT molecular complexity index is 617. The second kappa shape index (κ2) is 9.65. The quantitative estimate of drug-likeness (QED) is 0.351. The van der Waals surface area contributed by atoms with Crippen LogP contribution >= 0.6 is 22.6 Å². The van der Waals surface area contributed by atoms with Gasteiger partial charge < -0.3 is 9.64 Å². The number of amides is 1. The van der Waals surface area contributed by atoms with Crippen molar-refractivity contribution >= 4 is 34.2 Å². The number of nitriles is 1. The molecular weight excluding hydrogens is 494 g/mol. The largest absolute Gasteiger partial charge is 0.479 e. The van der Waals surface area contributed by atoms with E-state index in [1.165, 1.54) is 0 Å². The van der Waals surface area contributed by atoms with Gasteiger partial charge in [-0.1, -0.05) is 29.0 Å². The van der Waals surface area contributed by atoms with Crippen molar-refractivity contribution in [2.24, 2.45) is 0 Å². The summed E-state index contributed by atoms with van der Waals surface area (Å²) in [6, 6.07) is 8.43. The van der Waals surface area contributed by atoms with Crippen LogP contribution in [0.25, 0.3) is 5.70 Å². The molecule has 0 N–H and O–H groups in total. The predicted molar refractivity (Wildman–Crippen MR) is 84.3 cm³/mol. The monoisotopic (exact) mass is 506 g/mol. The van der Waals surface area contributed by atoms with Crippen LogP contribution in [0, 0.1) is 17.4 Å². The number of nitrogens with zero attached hydrogens (tertiary/aromatic N) is 2. The van der Waals surface area contributed by atoms with Gasteiger partial charge >= 0.3 is 0 Å².